The van der Waals surface area contributed by atoms with Gasteiger partial charge in [0.1, 0.15) is 5.75 Å². The van der Waals surface area contributed by atoms with Gasteiger partial charge in [-0.05, 0) is 48.6 Å². The fourth-order valence-electron chi connectivity index (χ4n) is 5.95. The Morgan fingerprint density at radius 2 is 0.767 bits per heavy atom. The quantitative estimate of drug-likeness (QED) is 0.0875. The summed E-state index contributed by atoms with van der Waals surface area (Å²) in [5, 5.41) is 0. The maximum atomic E-state index is 6.16. The van der Waals surface area contributed by atoms with E-state index in [9.17, 15) is 0 Å². The van der Waals surface area contributed by atoms with Gasteiger partial charge in [-0.3, -0.25) is 0 Å². The van der Waals surface area contributed by atoms with Gasteiger partial charge in [-0.25, -0.2) is 0 Å². The van der Waals surface area contributed by atoms with Crippen molar-refractivity contribution in [2.45, 2.75) is 175 Å². The number of ether oxygens (including phenoxy) is 2. The topological polar surface area (TPSA) is 18.5 Å². The summed E-state index contributed by atoms with van der Waals surface area (Å²) in [5.74, 6) is 0.978. The molecule has 2 rings (SSSR count). The Balaban J connectivity index is 1.49. The van der Waals surface area contributed by atoms with E-state index in [1.807, 2.05) is 0 Å². The van der Waals surface area contributed by atoms with Gasteiger partial charge in [0.15, 0.2) is 0 Å². The van der Waals surface area contributed by atoms with Gasteiger partial charge in [0.25, 0.3) is 0 Å². The van der Waals surface area contributed by atoms with Crippen molar-refractivity contribution < 1.29 is 9.47 Å². The van der Waals surface area contributed by atoms with E-state index in [0.29, 0.717) is 0 Å². The van der Waals surface area contributed by atoms with Crippen LogP contribution in [0.25, 0.3) is 11.1 Å². The van der Waals surface area contributed by atoms with Crippen molar-refractivity contribution in [3.05, 3.63) is 54.1 Å². The fourth-order valence-corrected chi connectivity index (χ4v) is 5.95. The van der Waals surface area contributed by atoms with Gasteiger partial charge in [0.2, 0.25) is 0 Å². The molecule has 2 aromatic rings. The molecule has 2 aromatic carbocycles. The number of hydrogen-bond donors (Lipinski definition) is 0. The zero-order valence-corrected chi connectivity index (χ0v) is 28.7. The Bertz CT molecular complexity index is 856. The predicted molar refractivity (Wildman–Crippen MR) is 189 cm³/mol. The van der Waals surface area contributed by atoms with Crippen LogP contribution in [0.3, 0.4) is 0 Å². The first-order valence-corrected chi connectivity index (χ1v) is 18.7. The Morgan fingerprint density at radius 1 is 0.419 bits per heavy atom. The second-order valence-electron chi connectivity index (χ2n) is 12.9. The normalized spacial score (nSPS) is 12.1. The van der Waals surface area contributed by atoms with Gasteiger partial charge < -0.3 is 9.47 Å². The lowest BCUT2D eigenvalue weighted by atomic mass is 10.0. The van der Waals surface area contributed by atoms with E-state index in [0.717, 1.165) is 25.4 Å². The second kappa shape index (κ2) is 26.6. The van der Waals surface area contributed by atoms with Crippen molar-refractivity contribution in [1.29, 1.82) is 0 Å². The van der Waals surface area contributed by atoms with Crippen LogP contribution in [0, 0.1) is 0 Å². The highest BCUT2D eigenvalue weighted by Gasteiger charge is 2.07. The molecular formula is C41H68O2. The molecule has 0 aliphatic heterocycles. The second-order valence-corrected chi connectivity index (χ2v) is 12.9. The van der Waals surface area contributed by atoms with Crippen LogP contribution in [0.5, 0.6) is 5.75 Å². The van der Waals surface area contributed by atoms with Gasteiger partial charge in [-0.2, -0.15) is 0 Å². The van der Waals surface area contributed by atoms with E-state index in [-0.39, 0.29) is 6.10 Å². The highest BCUT2D eigenvalue weighted by atomic mass is 16.5. The van der Waals surface area contributed by atoms with Gasteiger partial charge >= 0.3 is 0 Å². The Kier molecular flexibility index (Phi) is 23.1. The van der Waals surface area contributed by atoms with Crippen molar-refractivity contribution in [1.82, 2.24) is 0 Å². The standard InChI is InChI=1S/C41H68O2/c1-4-6-8-10-12-14-16-17-18-20-21-23-25-35-42-37(3)38-27-29-39(30-28-38)40-31-33-41(34-32-40)43-36-26-24-22-19-15-13-11-9-7-5-2/h27-34,37H,4-26,35-36H2,1-3H3. The van der Waals surface area contributed by atoms with E-state index < -0.39 is 0 Å². The summed E-state index contributed by atoms with van der Waals surface area (Å²) in [6.45, 7) is 8.44. The zero-order chi connectivity index (χ0) is 30.6. The summed E-state index contributed by atoms with van der Waals surface area (Å²) in [7, 11) is 0. The first-order chi connectivity index (χ1) is 21.2. The van der Waals surface area contributed by atoms with Crippen molar-refractivity contribution in [3.8, 4) is 16.9 Å². The zero-order valence-electron chi connectivity index (χ0n) is 28.7. The number of hydrogen-bond acceptors (Lipinski definition) is 2. The average Bonchev–Trinajstić information content (AvgIpc) is 3.04. The number of benzene rings is 2. The Labute approximate surface area is 267 Å². The summed E-state index contributed by atoms with van der Waals surface area (Å²) in [6, 6.07) is 17.5. The monoisotopic (exact) mass is 593 g/mol. The molecule has 0 N–H and O–H groups in total. The lowest BCUT2D eigenvalue weighted by Crippen LogP contribution is -2.01. The van der Waals surface area contributed by atoms with Gasteiger partial charge in [-0.15, -0.1) is 0 Å². The summed E-state index contributed by atoms with van der Waals surface area (Å²) in [6.07, 6.45) is 31.7. The summed E-state index contributed by atoms with van der Waals surface area (Å²) in [5.41, 5.74) is 3.74. The lowest BCUT2D eigenvalue weighted by Gasteiger charge is -2.14. The smallest absolute Gasteiger partial charge is 0.119 e. The minimum atomic E-state index is 0.146. The Morgan fingerprint density at radius 3 is 1.19 bits per heavy atom. The van der Waals surface area contributed by atoms with E-state index in [1.165, 1.54) is 158 Å². The number of unbranched alkanes of at least 4 members (excludes halogenated alkanes) is 21. The molecule has 2 heteroatoms. The first kappa shape index (κ1) is 37.4. The SMILES string of the molecule is CCCCCCCCCCCCCCCOC(C)c1ccc(-c2ccc(OCCCCCCCCCCCC)cc2)cc1. The van der Waals surface area contributed by atoms with Gasteiger partial charge in [0.05, 0.1) is 12.7 Å². The molecule has 0 fully saturated rings. The van der Waals surface area contributed by atoms with Gasteiger partial charge in [-0.1, -0.05) is 185 Å². The van der Waals surface area contributed by atoms with Crippen LogP contribution in [0.1, 0.15) is 180 Å². The molecule has 1 unspecified atom stereocenters. The maximum Gasteiger partial charge on any atom is 0.119 e. The van der Waals surface area contributed by atoms with Crippen LogP contribution in [0.4, 0.5) is 0 Å². The molecule has 0 aromatic heterocycles. The van der Waals surface area contributed by atoms with E-state index in [1.54, 1.807) is 0 Å². The third-order valence-electron chi connectivity index (χ3n) is 8.95. The molecule has 0 radical (unpaired) electrons. The fraction of sp³-hybridized carbons (Fsp3) is 0.707. The molecule has 0 saturated heterocycles. The molecule has 0 amide bonds. The minimum Gasteiger partial charge on any atom is -0.494 e. The molecule has 244 valence electrons. The molecule has 2 nitrogen and oxygen atoms in total. The highest BCUT2D eigenvalue weighted by Crippen LogP contribution is 2.26. The molecule has 43 heavy (non-hydrogen) atoms. The highest BCUT2D eigenvalue weighted by molar-refractivity contribution is 5.64. The third-order valence-corrected chi connectivity index (χ3v) is 8.95. The van der Waals surface area contributed by atoms with Crippen LogP contribution >= 0.6 is 0 Å². The number of rotatable bonds is 29. The minimum absolute atomic E-state index is 0.146. The van der Waals surface area contributed by atoms with Crippen LogP contribution in [-0.4, -0.2) is 13.2 Å². The van der Waals surface area contributed by atoms with Gasteiger partial charge in [0, 0.05) is 6.61 Å². The lowest BCUT2D eigenvalue weighted by molar-refractivity contribution is 0.0627. The largest absolute Gasteiger partial charge is 0.494 e. The molecular weight excluding hydrogens is 524 g/mol. The third kappa shape index (κ3) is 19.3. The predicted octanol–water partition coefficient (Wildman–Crippen LogP) is 13.8. The van der Waals surface area contributed by atoms with Crippen LogP contribution in [-0.2, 0) is 4.74 Å². The molecule has 0 heterocycles. The molecule has 1 atom stereocenters. The summed E-state index contributed by atoms with van der Waals surface area (Å²) in [4.78, 5) is 0. The van der Waals surface area contributed by atoms with Crippen molar-refractivity contribution >= 4 is 0 Å². The van der Waals surface area contributed by atoms with Crippen LogP contribution in [0.15, 0.2) is 48.5 Å². The molecule has 0 saturated carbocycles. The van der Waals surface area contributed by atoms with Crippen molar-refractivity contribution in [3.63, 3.8) is 0 Å². The Hall–Kier alpha value is -1.80. The van der Waals surface area contributed by atoms with E-state index in [2.05, 4.69) is 69.3 Å². The average molecular weight is 593 g/mol. The summed E-state index contributed by atoms with van der Waals surface area (Å²) < 4.78 is 12.2. The molecule has 0 aliphatic carbocycles. The van der Waals surface area contributed by atoms with Crippen LogP contribution in [0.2, 0.25) is 0 Å². The van der Waals surface area contributed by atoms with Crippen molar-refractivity contribution in [2.75, 3.05) is 13.2 Å². The molecule has 0 spiro atoms. The molecule has 0 bridgehead atoms. The molecule has 0 aliphatic rings. The van der Waals surface area contributed by atoms with E-state index in [4.69, 9.17) is 9.47 Å². The maximum absolute atomic E-state index is 6.16. The van der Waals surface area contributed by atoms with E-state index >= 15 is 0 Å². The van der Waals surface area contributed by atoms with Crippen molar-refractivity contribution in [2.24, 2.45) is 0 Å². The summed E-state index contributed by atoms with van der Waals surface area (Å²) >= 11 is 0. The first-order valence-electron chi connectivity index (χ1n) is 18.7. The van der Waals surface area contributed by atoms with Crippen LogP contribution < -0.4 is 4.74 Å².